The van der Waals surface area contributed by atoms with E-state index in [1.54, 1.807) is 34.1 Å². The quantitative estimate of drug-likeness (QED) is 0.0115. The molecule has 6 aliphatic heterocycles. The van der Waals surface area contributed by atoms with Gasteiger partial charge in [0, 0.05) is 69.3 Å². The van der Waals surface area contributed by atoms with Crippen LogP contribution in [0.1, 0.15) is 170 Å². The summed E-state index contributed by atoms with van der Waals surface area (Å²) in [7, 11) is 0. The molecule has 6 heterocycles. The van der Waals surface area contributed by atoms with E-state index in [1.165, 1.54) is 0 Å². The fourth-order valence-electron chi connectivity index (χ4n) is 15.2. The van der Waals surface area contributed by atoms with Crippen LogP contribution in [0.5, 0.6) is 46.0 Å². The summed E-state index contributed by atoms with van der Waals surface area (Å²) in [5.74, 6) is -2.84. The second-order valence-corrected chi connectivity index (χ2v) is 32.1. The first-order valence-electron chi connectivity index (χ1n) is 39.6. The Morgan fingerprint density at radius 1 is 0.339 bits per heavy atom. The third-order valence-corrected chi connectivity index (χ3v) is 21.9. The highest BCUT2D eigenvalue weighted by Gasteiger charge is 2.49. The van der Waals surface area contributed by atoms with E-state index >= 15 is 28.8 Å². The lowest BCUT2D eigenvalue weighted by molar-refractivity contribution is -0.139. The summed E-state index contributed by atoms with van der Waals surface area (Å²) in [5, 5.41) is 2.26. The highest BCUT2D eigenvalue weighted by atomic mass is 16.6. The van der Waals surface area contributed by atoms with Crippen molar-refractivity contribution in [3.8, 4) is 46.0 Å². The van der Waals surface area contributed by atoms with Crippen LogP contribution in [0.25, 0.3) is 43.1 Å². The number of amides is 6. The minimum Gasteiger partial charge on any atom is -0.457 e. The zero-order chi connectivity index (χ0) is 78.5. The van der Waals surface area contributed by atoms with Crippen LogP contribution in [0.15, 0.2) is 121 Å². The Kier molecular flexibility index (Phi) is 22.8. The number of benzene rings is 9. The van der Waals surface area contributed by atoms with E-state index in [1.807, 2.05) is 125 Å². The maximum Gasteiger partial charge on any atom is 0.262 e. The number of hydrogen-bond donors (Lipinski definition) is 0. The average molecular weight is 1530 g/mol. The van der Waals surface area contributed by atoms with Gasteiger partial charge in [0.15, 0.2) is 0 Å². The number of carbonyl (C=O) groups excluding carboxylic acids is 6. The van der Waals surface area contributed by atoms with Crippen molar-refractivity contribution in [1.29, 1.82) is 0 Å². The lowest BCUT2D eigenvalue weighted by Gasteiger charge is -2.39. The number of fused-ring (bicyclic) bond motifs is 2. The summed E-state index contributed by atoms with van der Waals surface area (Å²) < 4.78 is 75.4. The minimum atomic E-state index is -1.37. The van der Waals surface area contributed by atoms with Crippen molar-refractivity contribution in [3.63, 3.8) is 0 Å². The van der Waals surface area contributed by atoms with E-state index < -0.39 is 59.4 Å². The van der Waals surface area contributed by atoms with E-state index in [-0.39, 0.29) is 157 Å². The molecule has 6 aliphatic rings. The molecule has 9 aromatic rings. The Morgan fingerprint density at radius 3 is 0.741 bits per heavy atom. The highest BCUT2D eigenvalue weighted by Crippen LogP contribution is 2.58. The Balaban J connectivity index is 1.01. The molecule has 6 unspecified atom stereocenters. The molecule has 0 saturated carbocycles. The highest BCUT2D eigenvalue weighted by molar-refractivity contribution is 6.45. The van der Waals surface area contributed by atoms with Crippen LogP contribution in [0.3, 0.4) is 0 Å². The third-order valence-electron chi connectivity index (χ3n) is 21.9. The zero-order valence-electron chi connectivity index (χ0n) is 65.9. The molecule has 0 radical (unpaired) electrons. The van der Waals surface area contributed by atoms with E-state index in [0.29, 0.717) is 108 Å². The van der Waals surface area contributed by atoms with E-state index in [4.69, 9.17) is 56.8 Å². The first-order chi connectivity index (χ1) is 54.0. The molecule has 0 bridgehead atoms. The van der Waals surface area contributed by atoms with Crippen LogP contribution in [0.4, 0.5) is 0 Å². The molecule has 0 N–H and O–H groups in total. The van der Waals surface area contributed by atoms with Crippen molar-refractivity contribution in [2.45, 2.75) is 143 Å². The molecule has 0 aromatic heterocycles. The van der Waals surface area contributed by atoms with Gasteiger partial charge in [-0.1, -0.05) is 132 Å². The van der Waals surface area contributed by atoms with Crippen molar-refractivity contribution in [3.05, 3.63) is 166 Å². The second-order valence-electron chi connectivity index (χ2n) is 32.1. The fourth-order valence-corrected chi connectivity index (χ4v) is 15.2. The van der Waals surface area contributed by atoms with E-state index in [2.05, 4.69) is 55.4 Å². The van der Waals surface area contributed by atoms with Crippen molar-refractivity contribution in [2.24, 2.45) is 11.8 Å². The lowest BCUT2D eigenvalue weighted by atomic mass is 9.80. The van der Waals surface area contributed by atoms with Gasteiger partial charge < -0.3 is 66.6 Å². The molecule has 588 valence electrons. The van der Waals surface area contributed by atoms with Gasteiger partial charge in [-0.15, -0.1) is 0 Å². The predicted octanol–water partition coefficient (Wildman–Crippen LogP) is 16.0. The number of nitrogens with zero attached hydrogens (tertiary/aromatic N) is 4. The largest absolute Gasteiger partial charge is 0.457 e. The lowest BCUT2D eigenvalue weighted by Crippen LogP contribution is -2.57. The first-order valence-corrected chi connectivity index (χ1v) is 39.6. The average Bonchev–Trinajstić information content (AvgIpc) is 0.980. The molecule has 4 saturated heterocycles. The summed E-state index contributed by atoms with van der Waals surface area (Å²) in [6.07, 6.45) is -0.114. The van der Waals surface area contributed by atoms with Crippen molar-refractivity contribution < 1.29 is 85.6 Å². The van der Waals surface area contributed by atoms with Gasteiger partial charge in [-0.3, -0.25) is 38.6 Å². The molecular weight excluding hydrogens is 1420 g/mol. The molecule has 22 heteroatoms. The molecule has 4 fully saturated rings. The van der Waals surface area contributed by atoms with Gasteiger partial charge in [0.1, 0.15) is 82.5 Å². The summed E-state index contributed by atoms with van der Waals surface area (Å²) in [5.41, 5.74) is 4.24. The van der Waals surface area contributed by atoms with Gasteiger partial charge >= 0.3 is 0 Å². The summed E-state index contributed by atoms with van der Waals surface area (Å²) in [4.78, 5) is 104. The molecule has 9 aromatic carbocycles. The first kappa shape index (κ1) is 77.7. The standard InChI is InChI=1S/C90H100N4O18/c1-49(2)55-13-21-59(22-14-55)109-71-37-67-75-68(86(96)93(85(67)95)83(53(9)10)89(99)91(29-33-101-41-63-45-105-63)30-34-102-42-64-46-106-64)39-73(111-61-25-17-57(18-26-61)51(5)6)79-80-74(112-62-27-19-58(20-28-62)52(7)8)40-70-76-69(38-72(78(82(76)80)77(71)81(75)79)110-60-23-15-56(16-24-60)50(3)4)87(97)94(88(70)98)84(54(11)12)90(100)92(31-35-103-43-65-47-107-65)32-36-104-44-66-48-108-66/h13-28,37-40,49-54,63-66,83-84H,29-36,41-48H2,1-12H3. The smallest absolute Gasteiger partial charge is 0.262 e. The van der Waals surface area contributed by atoms with E-state index in [0.717, 1.165) is 32.1 Å². The Morgan fingerprint density at radius 2 is 0.554 bits per heavy atom. The monoisotopic (exact) mass is 1520 g/mol. The van der Waals surface area contributed by atoms with Crippen LogP contribution >= 0.6 is 0 Å². The van der Waals surface area contributed by atoms with Crippen molar-refractivity contribution >= 4 is 78.5 Å². The maximum atomic E-state index is 16.7. The van der Waals surface area contributed by atoms with Crippen LogP contribution in [-0.4, -0.2) is 197 Å². The molecule has 15 rings (SSSR count). The topological polar surface area (TPSA) is 239 Å². The SMILES string of the molecule is CC(C)c1ccc(Oc2cc3c4c(cc(Oc5ccc(C(C)C)cc5)c5c6c(Oc7ccc(C(C)C)cc7)cc7c8c(cc(Oc9ccc(C(C)C)cc9)c(c2c45)c86)C(=O)N(C(C(=O)N(CCOCC2CO2)CCOCC2CO2)C(C)C)C7=O)C(=O)N(C(C(=O)N(CCOCC2CO2)CCOCC2CO2)C(C)C)C3=O)cc1. The maximum absolute atomic E-state index is 16.7. The van der Waals surface area contributed by atoms with Gasteiger partial charge in [-0.2, -0.15) is 0 Å². The van der Waals surface area contributed by atoms with Gasteiger partial charge in [0.25, 0.3) is 23.6 Å². The molecule has 22 nitrogen and oxygen atoms in total. The number of imide groups is 2. The normalized spacial score (nSPS) is 18.3. The Labute approximate surface area is 652 Å². The van der Waals surface area contributed by atoms with Gasteiger partial charge in [0.2, 0.25) is 11.8 Å². The van der Waals surface area contributed by atoms with Crippen LogP contribution in [0.2, 0.25) is 0 Å². The summed E-state index contributed by atoms with van der Waals surface area (Å²) in [6.45, 7) is 28.8. The molecule has 0 spiro atoms. The molecule has 0 aliphatic carbocycles. The van der Waals surface area contributed by atoms with Crippen LogP contribution in [-0.2, 0) is 47.5 Å². The van der Waals surface area contributed by atoms with Gasteiger partial charge in [-0.05, 0) is 131 Å². The third kappa shape index (κ3) is 16.3. The molecular formula is C90H100N4O18. The molecule has 6 atom stereocenters. The van der Waals surface area contributed by atoms with E-state index in [9.17, 15) is 0 Å². The van der Waals surface area contributed by atoms with Crippen molar-refractivity contribution in [1.82, 2.24) is 19.6 Å². The predicted molar refractivity (Wildman–Crippen MR) is 424 cm³/mol. The number of hydrogen-bond acceptors (Lipinski definition) is 18. The Bertz CT molecular complexity index is 4420. The summed E-state index contributed by atoms with van der Waals surface area (Å²) in [6, 6.07) is 34.4. The van der Waals surface area contributed by atoms with Crippen LogP contribution < -0.4 is 18.9 Å². The molecule has 6 amide bonds. The number of epoxide rings is 4. The number of ether oxygens (including phenoxy) is 12. The number of rotatable bonds is 38. The minimum absolute atomic E-state index is 0.0285. The van der Waals surface area contributed by atoms with Crippen LogP contribution in [0, 0.1) is 11.8 Å². The van der Waals surface area contributed by atoms with Gasteiger partial charge in [-0.25, -0.2) is 0 Å². The van der Waals surface area contributed by atoms with Gasteiger partial charge in [0.05, 0.1) is 102 Å². The second kappa shape index (κ2) is 32.8. The number of carbonyl (C=O) groups is 6. The Hall–Kier alpha value is -9.62. The summed E-state index contributed by atoms with van der Waals surface area (Å²) >= 11 is 0. The van der Waals surface area contributed by atoms with Crippen molar-refractivity contribution in [2.75, 3.05) is 105 Å². The fraction of sp³-hybridized carbons (Fsp3) is 0.444. The molecule has 112 heavy (non-hydrogen) atoms. The zero-order valence-corrected chi connectivity index (χ0v) is 65.9.